The van der Waals surface area contributed by atoms with Gasteiger partial charge in [-0.25, -0.2) is 4.79 Å². The summed E-state index contributed by atoms with van der Waals surface area (Å²) in [7, 11) is 0. The molecular formula is C21H24N2O4. The summed E-state index contributed by atoms with van der Waals surface area (Å²) >= 11 is 0. The summed E-state index contributed by atoms with van der Waals surface area (Å²) in [6.07, 6.45) is 2.48. The minimum atomic E-state index is -0.619. The minimum Gasteiger partial charge on any atom is -0.463 e. The summed E-state index contributed by atoms with van der Waals surface area (Å²) in [4.78, 5) is 12.5. The van der Waals surface area contributed by atoms with E-state index in [9.17, 15) is 10.1 Å². The van der Waals surface area contributed by atoms with Crippen LogP contribution in [0, 0.1) is 17.2 Å². The predicted octanol–water partition coefficient (Wildman–Crippen LogP) is 3.26. The lowest BCUT2D eigenvalue weighted by molar-refractivity contribution is -0.139. The molecule has 1 aliphatic carbocycles. The lowest BCUT2D eigenvalue weighted by Gasteiger charge is -2.27. The van der Waals surface area contributed by atoms with E-state index in [1.54, 1.807) is 13.8 Å². The molecule has 1 aromatic carbocycles. The fraction of sp³-hybridized carbons (Fsp3) is 0.429. The number of benzene rings is 1. The van der Waals surface area contributed by atoms with E-state index in [0.29, 0.717) is 23.9 Å². The van der Waals surface area contributed by atoms with E-state index in [4.69, 9.17) is 19.9 Å². The van der Waals surface area contributed by atoms with Crippen LogP contribution in [0.1, 0.15) is 43.7 Å². The number of carbonyl (C=O) groups is 1. The molecule has 27 heavy (non-hydrogen) atoms. The van der Waals surface area contributed by atoms with Gasteiger partial charge in [-0.3, -0.25) is 0 Å². The van der Waals surface area contributed by atoms with Crippen LogP contribution in [-0.2, 0) is 25.6 Å². The van der Waals surface area contributed by atoms with Crippen molar-refractivity contribution in [3.05, 3.63) is 58.2 Å². The number of nitriles is 1. The van der Waals surface area contributed by atoms with E-state index in [2.05, 4.69) is 6.07 Å². The van der Waals surface area contributed by atoms with Crippen molar-refractivity contribution in [2.24, 2.45) is 11.7 Å². The summed E-state index contributed by atoms with van der Waals surface area (Å²) in [6, 6.07) is 9.77. The first-order chi connectivity index (χ1) is 13.0. The van der Waals surface area contributed by atoms with Gasteiger partial charge in [0.05, 0.1) is 24.7 Å². The molecule has 0 radical (unpaired) electrons. The van der Waals surface area contributed by atoms with Crippen LogP contribution < -0.4 is 5.73 Å². The molecule has 2 N–H and O–H groups in total. The highest BCUT2D eigenvalue weighted by molar-refractivity contribution is 5.92. The second-order valence-electron chi connectivity index (χ2n) is 6.82. The average molecular weight is 368 g/mol. The molecule has 1 atom stereocenters. The summed E-state index contributed by atoms with van der Waals surface area (Å²) in [6.45, 7) is 4.89. The molecule has 1 heterocycles. The Morgan fingerprint density at radius 3 is 2.85 bits per heavy atom. The molecule has 1 fully saturated rings. The van der Waals surface area contributed by atoms with Gasteiger partial charge in [-0.05, 0) is 43.7 Å². The van der Waals surface area contributed by atoms with Gasteiger partial charge in [0.1, 0.15) is 17.4 Å². The van der Waals surface area contributed by atoms with Crippen molar-refractivity contribution < 1.29 is 19.0 Å². The van der Waals surface area contributed by atoms with Crippen LogP contribution in [-0.4, -0.2) is 19.2 Å². The smallest absolute Gasteiger partial charge is 0.338 e. The third-order valence-corrected chi connectivity index (χ3v) is 4.70. The maximum Gasteiger partial charge on any atom is 0.338 e. The van der Waals surface area contributed by atoms with Crippen LogP contribution in [0.15, 0.2) is 47.1 Å². The van der Waals surface area contributed by atoms with Crippen LogP contribution in [0.5, 0.6) is 0 Å². The number of carbonyl (C=O) groups excluding carboxylic acids is 1. The maximum absolute atomic E-state index is 12.5. The first-order valence-electron chi connectivity index (χ1n) is 9.17. The second kappa shape index (κ2) is 8.28. The fourth-order valence-electron chi connectivity index (χ4n) is 3.18. The van der Waals surface area contributed by atoms with Gasteiger partial charge in [0.15, 0.2) is 0 Å². The predicted molar refractivity (Wildman–Crippen MR) is 98.8 cm³/mol. The Hall–Kier alpha value is -2.78. The van der Waals surface area contributed by atoms with Crippen LogP contribution in [0.25, 0.3) is 0 Å². The van der Waals surface area contributed by atoms with E-state index in [1.165, 1.54) is 12.8 Å². The van der Waals surface area contributed by atoms with Gasteiger partial charge >= 0.3 is 5.97 Å². The van der Waals surface area contributed by atoms with Crippen LogP contribution >= 0.6 is 0 Å². The van der Waals surface area contributed by atoms with E-state index < -0.39 is 11.9 Å². The van der Waals surface area contributed by atoms with Crippen LogP contribution in [0.4, 0.5) is 0 Å². The van der Waals surface area contributed by atoms with Crippen LogP contribution in [0.3, 0.4) is 0 Å². The van der Waals surface area contributed by atoms with Gasteiger partial charge < -0.3 is 19.9 Å². The molecule has 0 spiro atoms. The number of esters is 1. The number of nitrogens with zero attached hydrogens (tertiary/aromatic N) is 1. The van der Waals surface area contributed by atoms with Gasteiger partial charge in [-0.1, -0.05) is 24.3 Å². The zero-order chi connectivity index (χ0) is 19.4. The molecule has 0 bridgehead atoms. The van der Waals surface area contributed by atoms with Crippen molar-refractivity contribution >= 4 is 5.97 Å². The zero-order valence-corrected chi connectivity index (χ0v) is 15.7. The molecule has 1 unspecified atom stereocenters. The lowest BCUT2D eigenvalue weighted by atomic mass is 9.82. The number of nitrogens with two attached hydrogens (primary N) is 1. The standard InChI is InChI=1S/C21H24N2O4/c1-3-26-21(24)18-13(2)27-20(23)17(10-22)19(18)16-6-4-5-15(9-16)12-25-11-14-7-8-14/h4-6,9,14,19H,3,7-8,11-12,23H2,1-2H3. The van der Waals surface area contributed by atoms with Crippen molar-refractivity contribution in [1.82, 2.24) is 0 Å². The number of hydrogen-bond acceptors (Lipinski definition) is 6. The largest absolute Gasteiger partial charge is 0.463 e. The molecule has 3 rings (SSSR count). The second-order valence-corrected chi connectivity index (χ2v) is 6.82. The molecule has 6 nitrogen and oxygen atoms in total. The zero-order valence-electron chi connectivity index (χ0n) is 15.7. The maximum atomic E-state index is 12.5. The summed E-state index contributed by atoms with van der Waals surface area (Å²) in [5, 5.41) is 9.62. The lowest BCUT2D eigenvalue weighted by Crippen LogP contribution is -2.25. The van der Waals surface area contributed by atoms with Gasteiger partial charge in [0, 0.05) is 6.61 Å². The molecule has 0 aromatic heterocycles. The SMILES string of the molecule is CCOC(=O)C1=C(C)OC(N)=C(C#N)C1c1cccc(COCC2CC2)c1. The van der Waals surface area contributed by atoms with Crippen molar-refractivity contribution in [3.8, 4) is 6.07 Å². The molecule has 1 saturated carbocycles. The number of rotatable bonds is 7. The average Bonchev–Trinajstić information content (AvgIpc) is 3.46. The number of hydrogen-bond donors (Lipinski definition) is 1. The summed E-state index contributed by atoms with van der Waals surface area (Å²) < 4.78 is 16.4. The minimum absolute atomic E-state index is 0.0171. The van der Waals surface area contributed by atoms with E-state index in [-0.39, 0.29) is 18.1 Å². The monoisotopic (exact) mass is 368 g/mol. The van der Waals surface area contributed by atoms with E-state index in [0.717, 1.165) is 17.7 Å². The highest BCUT2D eigenvalue weighted by Gasteiger charge is 2.36. The highest BCUT2D eigenvalue weighted by Crippen LogP contribution is 2.39. The van der Waals surface area contributed by atoms with Gasteiger partial charge in [0.25, 0.3) is 0 Å². The molecule has 1 aromatic rings. The Bertz CT molecular complexity index is 831. The molecule has 2 aliphatic rings. The molecule has 1 aliphatic heterocycles. The van der Waals surface area contributed by atoms with Gasteiger partial charge in [-0.15, -0.1) is 0 Å². The van der Waals surface area contributed by atoms with Crippen molar-refractivity contribution in [3.63, 3.8) is 0 Å². The fourth-order valence-corrected chi connectivity index (χ4v) is 3.18. The van der Waals surface area contributed by atoms with Crippen molar-refractivity contribution in [2.45, 2.75) is 39.2 Å². The third kappa shape index (κ3) is 4.32. The molecule has 142 valence electrons. The molecule has 0 saturated heterocycles. The number of allylic oxidation sites excluding steroid dienone is 2. The quantitative estimate of drug-likeness (QED) is 0.742. The van der Waals surface area contributed by atoms with Gasteiger partial charge in [-0.2, -0.15) is 5.26 Å². The van der Waals surface area contributed by atoms with E-state index in [1.807, 2.05) is 24.3 Å². The highest BCUT2D eigenvalue weighted by atomic mass is 16.5. The Morgan fingerprint density at radius 2 is 2.19 bits per heavy atom. The Kier molecular flexibility index (Phi) is 5.82. The Morgan fingerprint density at radius 1 is 1.41 bits per heavy atom. The van der Waals surface area contributed by atoms with E-state index >= 15 is 0 Å². The Balaban J connectivity index is 1.92. The van der Waals surface area contributed by atoms with Crippen molar-refractivity contribution in [1.29, 1.82) is 5.26 Å². The number of ether oxygens (including phenoxy) is 3. The molecule has 6 heteroatoms. The topological polar surface area (TPSA) is 94.6 Å². The van der Waals surface area contributed by atoms with Crippen LogP contribution in [0.2, 0.25) is 0 Å². The molecular weight excluding hydrogens is 344 g/mol. The Labute approximate surface area is 159 Å². The van der Waals surface area contributed by atoms with Gasteiger partial charge in [0.2, 0.25) is 5.88 Å². The molecule has 0 amide bonds. The van der Waals surface area contributed by atoms with Crippen molar-refractivity contribution in [2.75, 3.05) is 13.2 Å². The third-order valence-electron chi connectivity index (χ3n) is 4.70. The first-order valence-corrected chi connectivity index (χ1v) is 9.17. The summed E-state index contributed by atoms with van der Waals surface area (Å²) in [5.74, 6) is -0.0619. The normalized spacial score (nSPS) is 19.5. The summed E-state index contributed by atoms with van der Waals surface area (Å²) in [5.41, 5.74) is 8.21. The first kappa shape index (κ1) is 19.0.